The molecule has 3 aromatic carbocycles. The van der Waals surface area contributed by atoms with Crippen LogP contribution < -0.4 is 5.43 Å². The number of hydrogen-bond acceptors (Lipinski definition) is 2. The van der Waals surface area contributed by atoms with E-state index in [1.807, 2.05) is 54.6 Å². The molecule has 0 aliphatic carbocycles. The first-order valence-corrected chi connectivity index (χ1v) is 8.55. The Morgan fingerprint density at radius 3 is 2.54 bits per heavy atom. The molecule has 3 rings (SSSR count). The van der Waals surface area contributed by atoms with Crippen molar-refractivity contribution in [3.8, 4) is 0 Å². The van der Waals surface area contributed by atoms with Crippen LogP contribution in [0.4, 0.5) is 0 Å². The van der Waals surface area contributed by atoms with Gasteiger partial charge in [0.1, 0.15) is 0 Å². The SMILES string of the molecule is O=C(Cc1ccc(Br)c2ccccc12)N/N=C/c1ccccc1Cl. The van der Waals surface area contributed by atoms with Crippen molar-refractivity contribution in [2.24, 2.45) is 5.10 Å². The molecule has 0 aromatic heterocycles. The predicted octanol–water partition coefficient (Wildman–Crippen LogP) is 4.95. The van der Waals surface area contributed by atoms with Crippen LogP contribution in [0.5, 0.6) is 0 Å². The third-order valence-electron chi connectivity index (χ3n) is 3.61. The van der Waals surface area contributed by atoms with Gasteiger partial charge in [0.15, 0.2) is 0 Å². The van der Waals surface area contributed by atoms with E-state index in [0.717, 1.165) is 26.4 Å². The Labute approximate surface area is 153 Å². The van der Waals surface area contributed by atoms with E-state index < -0.39 is 0 Å². The summed E-state index contributed by atoms with van der Waals surface area (Å²) in [6, 6.07) is 19.2. The van der Waals surface area contributed by atoms with Gasteiger partial charge in [0.2, 0.25) is 5.91 Å². The first kappa shape index (κ1) is 16.7. The fraction of sp³-hybridized carbons (Fsp3) is 0.0526. The highest BCUT2D eigenvalue weighted by Gasteiger charge is 2.08. The fourth-order valence-electron chi connectivity index (χ4n) is 2.44. The molecule has 1 N–H and O–H groups in total. The maximum atomic E-state index is 12.1. The summed E-state index contributed by atoms with van der Waals surface area (Å²) in [5.41, 5.74) is 4.26. The van der Waals surface area contributed by atoms with Crippen LogP contribution in [0.2, 0.25) is 5.02 Å². The summed E-state index contributed by atoms with van der Waals surface area (Å²) >= 11 is 9.58. The Kier molecular flexibility index (Phi) is 5.28. The van der Waals surface area contributed by atoms with Crippen molar-refractivity contribution >= 4 is 50.4 Å². The number of fused-ring (bicyclic) bond motifs is 1. The summed E-state index contributed by atoms with van der Waals surface area (Å²) in [6.45, 7) is 0. The van der Waals surface area contributed by atoms with Crippen molar-refractivity contribution in [1.82, 2.24) is 5.43 Å². The lowest BCUT2D eigenvalue weighted by molar-refractivity contribution is -0.120. The predicted molar refractivity (Wildman–Crippen MR) is 103 cm³/mol. The molecule has 0 unspecified atom stereocenters. The van der Waals surface area contributed by atoms with Crippen LogP contribution in [0.1, 0.15) is 11.1 Å². The fourth-order valence-corrected chi connectivity index (χ4v) is 3.11. The third kappa shape index (κ3) is 3.83. The molecule has 0 spiro atoms. The molecule has 0 aliphatic heterocycles. The number of halogens is 2. The monoisotopic (exact) mass is 400 g/mol. The molecule has 3 aromatic rings. The van der Waals surface area contributed by atoms with Gasteiger partial charge in [-0.25, -0.2) is 5.43 Å². The molecule has 3 nitrogen and oxygen atoms in total. The van der Waals surface area contributed by atoms with Crippen LogP contribution in [0.15, 0.2) is 70.2 Å². The maximum Gasteiger partial charge on any atom is 0.244 e. The highest BCUT2D eigenvalue weighted by Crippen LogP contribution is 2.27. The van der Waals surface area contributed by atoms with E-state index in [4.69, 9.17) is 11.6 Å². The quantitative estimate of drug-likeness (QED) is 0.488. The summed E-state index contributed by atoms with van der Waals surface area (Å²) in [4.78, 5) is 12.1. The van der Waals surface area contributed by atoms with Gasteiger partial charge < -0.3 is 0 Å². The average Bonchev–Trinajstić information content (AvgIpc) is 2.59. The highest BCUT2D eigenvalue weighted by molar-refractivity contribution is 9.10. The van der Waals surface area contributed by atoms with E-state index in [2.05, 4.69) is 26.5 Å². The standard InChI is InChI=1S/C19H14BrClN2O/c20-17-10-9-13(15-6-2-3-7-16(15)17)11-19(24)23-22-12-14-5-1-4-8-18(14)21/h1-10,12H,11H2,(H,23,24)/b22-12+. The lowest BCUT2D eigenvalue weighted by Gasteiger charge is -2.07. The van der Waals surface area contributed by atoms with Crippen molar-refractivity contribution in [3.63, 3.8) is 0 Å². The zero-order chi connectivity index (χ0) is 16.9. The summed E-state index contributed by atoms with van der Waals surface area (Å²) < 4.78 is 1.01. The average molecular weight is 402 g/mol. The second-order valence-electron chi connectivity index (χ2n) is 5.24. The van der Waals surface area contributed by atoms with E-state index in [-0.39, 0.29) is 12.3 Å². The minimum atomic E-state index is -0.175. The van der Waals surface area contributed by atoms with Crippen LogP contribution in [-0.2, 0) is 11.2 Å². The van der Waals surface area contributed by atoms with Crippen molar-refractivity contribution < 1.29 is 4.79 Å². The van der Waals surface area contributed by atoms with Gasteiger partial charge in [-0.05, 0) is 28.5 Å². The molecular weight excluding hydrogens is 388 g/mol. The molecule has 24 heavy (non-hydrogen) atoms. The van der Waals surface area contributed by atoms with Gasteiger partial charge in [-0.15, -0.1) is 0 Å². The molecular formula is C19H14BrClN2O. The summed E-state index contributed by atoms with van der Waals surface area (Å²) in [7, 11) is 0. The van der Waals surface area contributed by atoms with Gasteiger partial charge in [0.25, 0.3) is 0 Å². The van der Waals surface area contributed by atoms with Crippen LogP contribution >= 0.6 is 27.5 Å². The number of benzene rings is 3. The minimum Gasteiger partial charge on any atom is -0.273 e. The highest BCUT2D eigenvalue weighted by atomic mass is 79.9. The van der Waals surface area contributed by atoms with Crippen molar-refractivity contribution in [2.75, 3.05) is 0 Å². The second-order valence-corrected chi connectivity index (χ2v) is 6.51. The Bertz CT molecular complexity index is 924. The Hall–Kier alpha value is -2.17. The van der Waals surface area contributed by atoms with Crippen molar-refractivity contribution in [1.29, 1.82) is 0 Å². The van der Waals surface area contributed by atoms with E-state index in [1.54, 1.807) is 12.3 Å². The molecule has 0 radical (unpaired) electrons. The summed E-state index contributed by atoms with van der Waals surface area (Å²) in [6.07, 6.45) is 1.80. The van der Waals surface area contributed by atoms with Crippen LogP contribution in [-0.4, -0.2) is 12.1 Å². The topological polar surface area (TPSA) is 41.5 Å². The third-order valence-corrected chi connectivity index (χ3v) is 4.65. The molecule has 0 fully saturated rings. The number of hydrogen-bond donors (Lipinski definition) is 1. The summed E-state index contributed by atoms with van der Waals surface area (Å²) in [5, 5.41) is 6.71. The van der Waals surface area contributed by atoms with Gasteiger partial charge >= 0.3 is 0 Å². The molecule has 0 atom stereocenters. The lowest BCUT2D eigenvalue weighted by atomic mass is 10.0. The van der Waals surface area contributed by atoms with Crippen molar-refractivity contribution in [2.45, 2.75) is 6.42 Å². The molecule has 0 saturated heterocycles. The first-order valence-electron chi connectivity index (χ1n) is 7.38. The van der Waals surface area contributed by atoms with Gasteiger partial charge in [-0.1, -0.05) is 76.1 Å². The Balaban J connectivity index is 1.72. The van der Waals surface area contributed by atoms with Crippen LogP contribution in [0.25, 0.3) is 10.8 Å². The van der Waals surface area contributed by atoms with Gasteiger partial charge in [-0.2, -0.15) is 5.10 Å². The smallest absolute Gasteiger partial charge is 0.244 e. The van der Waals surface area contributed by atoms with Gasteiger partial charge in [-0.3, -0.25) is 4.79 Å². The molecule has 5 heteroatoms. The molecule has 0 saturated carbocycles. The number of carbonyl (C=O) groups is 1. The first-order chi connectivity index (χ1) is 11.6. The van der Waals surface area contributed by atoms with Crippen LogP contribution in [0.3, 0.4) is 0 Å². The summed E-state index contributed by atoms with van der Waals surface area (Å²) in [5.74, 6) is -0.175. The van der Waals surface area contributed by atoms with E-state index in [9.17, 15) is 4.79 Å². The van der Waals surface area contributed by atoms with Crippen molar-refractivity contribution in [3.05, 3.63) is 81.3 Å². The van der Waals surface area contributed by atoms with E-state index in [1.165, 1.54) is 0 Å². The van der Waals surface area contributed by atoms with E-state index in [0.29, 0.717) is 5.02 Å². The number of amides is 1. The number of nitrogens with zero attached hydrogens (tertiary/aromatic N) is 1. The molecule has 120 valence electrons. The zero-order valence-corrected chi connectivity index (χ0v) is 15.0. The number of rotatable bonds is 4. The lowest BCUT2D eigenvalue weighted by Crippen LogP contribution is -2.19. The molecule has 0 bridgehead atoms. The molecule has 0 aliphatic rings. The largest absolute Gasteiger partial charge is 0.273 e. The van der Waals surface area contributed by atoms with Gasteiger partial charge in [0, 0.05) is 15.1 Å². The number of carbonyl (C=O) groups excluding carboxylic acids is 1. The molecule has 0 heterocycles. The number of hydrazone groups is 1. The number of nitrogens with one attached hydrogen (secondary N) is 1. The maximum absolute atomic E-state index is 12.1. The second kappa shape index (κ2) is 7.60. The minimum absolute atomic E-state index is 0.175. The Morgan fingerprint density at radius 1 is 1.04 bits per heavy atom. The molecule has 1 amide bonds. The zero-order valence-electron chi connectivity index (χ0n) is 12.7. The van der Waals surface area contributed by atoms with Crippen LogP contribution in [0, 0.1) is 0 Å². The van der Waals surface area contributed by atoms with Gasteiger partial charge in [0.05, 0.1) is 12.6 Å². The normalized spacial score (nSPS) is 11.1. The Morgan fingerprint density at radius 2 is 1.75 bits per heavy atom. The van der Waals surface area contributed by atoms with E-state index >= 15 is 0 Å².